The van der Waals surface area contributed by atoms with E-state index in [1.54, 1.807) is 6.26 Å². The third kappa shape index (κ3) is 4.12. The van der Waals surface area contributed by atoms with Crippen LogP contribution in [0.1, 0.15) is 30.7 Å². The highest BCUT2D eigenvalue weighted by Gasteiger charge is 2.09. The molecule has 0 saturated carbocycles. The Morgan fingerprint density at radius 2 is 2.10 bits per heavy atom. The predicted molar refractivity (Wildman–Crippen MR) is 83.9 cm³/mol. The molecule has 0 amide bonds. The molecule has 0 aliphatic heterocycles. The van der Waals surface area contributed by atoms with Gasteiger partial charge in [-0.1, -0.05) is 29.8 Å². The highest BCUT2D eigenvalue weighted by atomic mass is 79.9. The molecule has 0 aliphatic carbocycles. The van der Waals surface area contributed by atoms with Gasteiger partial charge < -0.3 is 14.5 Å². The first-order valence-electron chi connectivity index (χ1n) is 6.74. The molecule has 1 N–H and O–H groups in total. The van der Waals surface area contributed by atoms with Crippen LogP contribution in [0.4, 0.5) is 0 Å². The number of benzene rings is 1. The van der Waals surface area contributed by atoms with Crippen molar-refractivity contribution >= 4 is 15.9 Å². The summed E-state index contributed by atoms with van der Waals surface area (Å²) in [6.45, 7) is 7.53. The van der Waals surface area contributed by atoms with Crippen LogP contribution in [0.5, 0.6) is 5.75 Å². The van der Waals surface area contributed by atoms with Gasteiger partial charge >= 0.3 is 0 Å². The maximum Gasteiger partial charge on any atom is 0.146 e. The fraction of sp³-hybridized carbons (Fsp3) is 0.375. The van der Waals surface area contributed by atoms with Crippen LogP contribution in [0, 0.1) is 6.92 Å². The fourth-order valence-corrected chi connectivity index (χ4v) is 2.36. The monoisotopic (exact) mass is 337 g/mol. The molecule has 1 aromatic heterocycles. The van der Waals surface area contributed by atoms with Gasteiger partial charge in [-0.25, -0.2) is 0 Å². The maximum absolute atomic E-state index is 5.84. The number of aryl methyl sites for hydroxylation is 1. The van der Waals surface area contributed by atoms with E-state index in [0.29, 0.717) is 12.6 Å². The standard InChI is InChI=1S/C16H20BrNO2/c1-11(2)18-9-13-6-7-19-16(13)10-20-15-5-4-14(17)8-12(15)3/h4-8,11,18H,9-10H2,1-3H3. The molecule has 0 bridgehead atoms. The van der Waals surface area contributed by atoms with E-state index in [9.17, 15) is 0 Å². The predicted octanol–water partition coefficient (Wildman–Crippen LogP) is 4.43. The van der Waals surface area contributed by atoms with Gasteiger partial charge in [-0.2, -0.15) is 0 Å². The molecule has 2 aromatic rings. The van der Waals surface area contributed by atoms with E-state index in [1.807, 2.05) is 31.2 Å². The molecule has 0 saturated heterocycles. The lowest BCUT2D eigenvalue weighted by molar-refractivity contribution is 0.266. The number of halogens is 1. The highest BCUT2D eigenvalue weighted by Crippen LogP contribution is 2.23. The van der Waals surface area contributed by atoms with Gasteiger partial charge in [-0.15, -0.1) is 0 Å². The SMILES string of the molecule is Cc1cc(Br)ccc1OCc1occc1CNC(C)C. The molecule has 3 nitrogen and oxygen atoms in total. The van der Waals surface area contributed by atoms with Gasteiger partial charge in [-0.05, 0) is 36.8 Å². The van der Waals surface area contributed by atoms with Crippen LogP contribution in [0.3, 0.4) is 0 Å². The summed E-state index contributed by atoms with van der Waals surface area (Å²) in [6.07, 6.45) is 1.71. The van der Waals surface area contributed by atoms with E-state index < -0.39 is 0 Å². The van der Waals surface area contributed by atoms with Crippen LogP contribution in [0.25, 0.3) is 0 Å². The van der Waals surface area contributed by atoms with E-state index in [0.717, 1.165) is 33.7 Å². The summed E-state index contributed by atoms with van der Waals surface area (Å²) >= 11 is 3.45. The Bertz CT molecular complexity index is 563. The molecule has 0 spiro atoms. The summed E-state index contributed by atoms with van der Waals surface area (Å²) in [4.78, 5) is 0. The summed E-state index contributed by atoms with van der Waals surface area (Å²) in [6, 6.07) is 8.42. The van der Waals surface area contributed by atoms with E-state index in [1.165, 1.54) is 0 Å². The first-order valence-corrected chi connectivity index (χ1v) is 7.53. The smallest absolute Gasteiger partial charge is 0.146 e. The summed E-state index contributed by atoms with van der Waals surface area (Å²) in [7, 11) is 0. The minimum atomic E-state index is 0.449. The number of rotatable bonds is 6. The van der Waals surface area contributed by atoms with Crippen molar-refractivity contribution < 1.29 is 9.15 Å². The topological polar surface area (TPSA) is 34.4 Å². The van der Waals surface area contributed by atoms with Crippen molar-refractivity contribution in [1.29, 1.82) is 0 Å². The summed E-state index contributed by atoms with van der Waals surface area (Å²) in [5.41, 5.74) is 2.25. The molecule has 20 heavy (non-hydrogen) atoms. The van der Waals surface area contributed by atoms with Gasteiger partial charge in [0.25, 0.3) is 0 Å². The third-order valence-corrected chi connectivity index (χ3v) is 3.53. The maximum atomic E-state index is 5.84. The Morgan fingerprint density at radius 1 is 1.30 bits per heavy atom. The molecule has 1 aromatic carbocycles. The van der Waals surface area contributed by atoms with Gasteiger partial charge in [0.05, 0.1) is 6.26 Å². The zero-order valence-corrected chi connectivity index (χ0v) is 13.7. The Morgan fingerprint density at radius 3 is 2.80 bits per heavy atom. The summed E-state index contributed by atoms with van der Waals surface area (Å²) < 4.78 is 12.4. The first kappa shape index (κ1) is 15.1. The average Bonchev–Trinajstić information content (AvgIpc) is 2.83. The van der Waals surface area contributed by atoms with E-state index in [-0.39, 0.29) is 0 Å². The lowest BCUT2D eigenvalue weighted by Crippen LogP contribution is -2.22. The molecule has 2 rings (SSSR count). The van der Waals surface area contributed by atoms with Gasteiger partial charge in [0.2, 0.25) is 0 Å². The number of nitrogens with one attached hydrogen (secondary N) is 1. The zero-order chi connectivity index (χ0) is 14.5. The van der Waals surface area contributed by atoms with Crippen molar-refractivity contribution in [3.8, 4) is 5.75 Å². The van der Waals surface area contributed by atoms with Crippen LogP contribution in [-0.4, -0.2) is 6.04 Å². The van der Waals surface area contributed by atoms with Crippen molar-refractivity contribution in [2.75, 3.05) is 0 Å². The summed E-state index contributed by atoms with van der Waals surface area (Å²) in [5, 5.41) is 3.38. The minimum Gasteiger partial charge on any atom is -0.485 e. The van der Waals surface area contributed by atoms with Crippen LogP contribution in [0.2, 0.25) is 0 Å². The fourth-order valence-electron chi connectivity index (χ4n) is 1.88. The van der Waals surface area contributed by atoms with Gasteiger partial charge in [-0.3, -0.25) is 0 Å². The van der Waals surface area contributed by atoms with Crippen LogP contribution < -0.4 is 10.1 Å². The normalized spacial score (nSPS) is 11.1. The average molecular weight is 338 g/mol. The molecule has 0 unspecified atom stereocenters. The van der Waals surface area contributed by atoms with Crippen molar-refractivity contribution in [2.24, 2.45) is 0 Å². The second kappa shape index (κ2) is 6.95. The van der Waals surface area contributed by atoms with Gasteiger partial charge in [0.15, 0.2) is 0 Å². The van der Waals surface area contributed by atoms with Gasteiger partial charge in [0, 0.05) is 22.6 Å². The minimum absolute atomic E-state index is 0.449. The molecule has 0 fully saturated rings. The molecule has 0 atom stereocenters. The Balaban J connectivity index is 1.98. The Labute approximate surface area is 128 Å². The van der Waals surface area contributed by atoms with E-state index in [4.69, 9.17) is 9.15 Å². The molecular formula is C16H20BrNO2. The zero-order valence-electron chi connectivity index (χ0n) is 12.1. The molecular weight excluding hydrogens is 318 g/mol. The van der Waals surface area contributed by atoms with Crippen LogP contribution in [-0.2, 0) is 13.2 Å². The quantitative estimate of drug-likeness (QED) is 0.846. The molecule has 1 heterocycles. The number of hydrogen-bond donors (Lipinski definition) is 1. The number of ether oxygens (including phenoxy) is 1. The van der Waals surface area contributed by atoms with Crippen molar-refractivity contribution in [3.05, 3.63) is 51.9 Å². The largest absolute Gasteiger partial charge is 0.485 e. The molecule has 0 radical (unpaired) electrons. The van der Waals surface area contributed by atoms with E-state index >= 15 is 0 Å². The lowest BCUT2D eigenvalue weighted by atomic mass is 10.2. The number of furan rings is 1. The van der Waals surface area contributed by atoms with Crippen molar-refractivity contribution in [3.63, 3.8) is 0 Å². The Hall–Kier alpha value is -1.26. The van der Waals surface area contributed by atoms with Gasteiger partial charge in [0.1, 0.15) is 18.1 Å². The molecule has 108 valence electrons. The lowest BCUT2D eigenvalue weighted by Gasteiger charge is -2.10. The molecule has 4 heteroatoms. The Kier molecular flexibility index (Phi) is 5.26. The third-order valence-electron chi connectivity index (χ3n) is 3.03. The van der Waals surface area contributed by atoms with Crippen LogP contribution in [0.15, 0.2) is 39.4 Å². The number of hydrogen-bond acceptors (Lipinski definition) is 3. The van der Waals surface area contributed by atoms with Crippen LogP contribution >= 0.6 is 15.9 Å². The van der Waals surface area contributed by atoms with Crippen molar-refractivity contribution in [2.45, 2.75) is 40.0 Å². The molecule has 0 aliphatic rings. The van der Waals surface area contributed by atoms with E-state index in [2.05, 4.69) is 35.1 Å². The first-order chi connectivity index (χ1) is 9.56. The summed E-state index contributed by atoms with van der Waals surface area (Å²) in [5.74, 6) is 1.76. The second-order valence-electron chi connectivity index (χ2n) is 5.10. The van der Waals surface area contributed by atoms with Crippen molar-refractivity contribution in [1.82, 2.24) is 5.32 Å². The highest BCUT2D eigenvalue weighted by molar-refractivity contribution is 9.10. The second-order valence-corrected chi connectivity index (χ2v) is 6.02.